The zero-order chi connectivity index (χ0) is 11.4. The number of rotatable bonds is 4. The van der Waals surface area contributed by atoms with Gasteiger partial charge in [-0.1, -0.05) is 40.2 Å². The first-order chi connectivity index (χ1) is 7.10. The van der Waals surface area contributed by atoms with Crippen LogP contribution in [0.4, 0.5) is 4.39 Å². The second-order valence-corrected chi connectivity index (χ2v) is 4.40. The molecule has 1 rings (SSSR count). The molecule has 84 valence electrons. The smallest absolute Gasteiger partial charge is 0.126 e. The molecule has 0 heterocycles. The van der Waals surface area contributed by atoms with Gasteiger partial charge in [-0.15, -0.1) is 0 Å². The van der Waals surface area contributed by atoms with Gasteiger partial charge in [0.25, 0.3) is 0 Å². The highest BCUT2D eigenvalue weighted by Gasteiger charge is 2.10. The lowest BCUT2D eigenvalue weighted by molar-refractivity contribution is 0.599. The van der Waals surface area contributed by atoms with Crippen molar-refractivity contribution >= 4 is 0 Å². The van der Waals surface area contributed by atoms with E-state index in [0.29, 0.717) is 5.92 Å². The molecule has 1 aromatic carbocycles. The number of aryl methyl sites for hydroxylation is 1. The van der Waals surface area contributed by atoms with Crippen molar-refractivity contribution in [2.24, 2.45) is 0 Å². The quantitative estimate of drug-likeness (QED) is 0.685. The first-order valence-electron chi connectivity index (χ1n) is 5.91. The molecule has 1 heteroatoms. The van der Waals surface area contributed by atoms with E-state index in [1.807, 2.05) is 0 Å². The number of halogens is 1. The molecule has 0 atom stereocenters. The Labute approximate surface area is 92.5 Å². The van der Waals surface area contributed by atoms with Crippen molar-refractivity contribution in [2.75, 3.05) is 0 Å². The number of benzene rings is 1. The van der Waals surface area contributed by atoms with Crippen LogP contribution in [-0.2, 0) is 12.8 Å². The van der Waals surface area contributed by atoms with E-state index in [2.05, 4.69) is 33.8 Å². The Hall–Kier alpha value is -0.850. The molecular weight excluding hydrogens is 187 g/mol. The SMILES string of the molecule is CCCc1c(F)cc(C(C)C)cc1CC. The number of hydrogen-bond acceptors (Lipinski definition) is 0. The average molecular weight is 208 g/mol. The Balaban J connectivity index is 3.18. The van der Waals surface area contributed by atoms with Crippen LogP contribution in [0.1, 0.15) is 56.7 Å². The number of hydrogen-bond donors (Lipinski definition) is 0. The largest absolute Gasteiger partial charge is 0.207 e. The lowest BCUT2D eigenvalue weighted by atomic mass is 9.93. The van der Waals surface area contributed by atoms with Crippen molar-refractivity contribution in [3.8, 4) is 0 Å². The van der Waals surface area contributed by atoms with Crippen LogP contribution in [0.5, 0.6) is 0 Å². The zero-order valence-electron chi connectivity index (χ0n) is 10.2. The maximum Gasteiger partial charge on any atom is 0.126 e. The predicted molar refractivity (Wildman–Crippen MR) is 63.9 cm³/mol. The Morgan fingerprint density at radius 2 is 1.87 bits per heavy atom. The van der Waals surface area contributed by atoms with Gasteiger partial charge in [0.1, 0.15) is 5.82 Å². The van der Waals surface area contributed by atoms with Gasteiger partial charge in [0.2, 0.25) is 0 Å². The van der Waals surface area contributed by atoms with Gasteiger partial charge < -0.3 is 0 Å². The van der Waals surface area contributed by atoms with E-state index < -0.39 is 0 Å². The summed E-state index contributed by atoms with van der Waals surface area (Å²) in [7, 11) is 0. The van der Waals surface area contributed by atoms with Gasteiger partial charge in [0, 0.05) is 0 Å². The van der Waals surface area contributed by atoms with E-state index in [4.69, 9.17) is 0 Å². The highest BCUT2D eigenvalue weighted by atomic mass is 19.1. The summed E-state index contributed by atoms with van der Waals surface area (Å²) in [5, 5.41) is 0. The third-order valence-electron chi connectivity index (χ3n) is 2.86. The molecule has 0 unspecified atom stereocenters. The van der Waals surface area contributed by atoms with Crippen LogP contribution in [0.3, 0.4) is 0 Å². The fourth-order valence-electron chi connectivity index (χ4n) is 1.90. The van der Waals surface area contributed by atoms with Crippen LogP contribution in [0, 0.1) is 5.82 Å². The molecule has 1 aromatic rings. The van der Waals surface area contributed by atoms with Gasteiger partial charge in [-0.25, -0.2) is 4.39 Å². The first kappa shape index (κ1) is 12.2. The van der Waals surface area contributed by atoms with Gasteiger partial charge >= 0.3 is 0 Å². The van der Waals surface area contributed by atoms with Crippen molar-refractivity contribution in [2.45, 2.75) is 52.9 Å². The molecule has 15 heavy (non-hydrogen) atoms. The summed E-state index contributed by atoms with van der Waals surface area (Å²) >= 11 is 0. The van der Waals surface area contributed by atoms with Gasteiger partial charge in [-0.2, -0.15) is 0 Å². The van der Waals surface area contributed by atoms with Crippen LogP contribution in [0.2, 0.25) is 0 Å². The van der Waals surface area contributed by atoms with E-state index in [1.54, 1.807) is 6.07 Å². The van der Waals surface area contributed by atoms with Gasteiger partial charge in [0.15, 0.2) is 0 Å². The molecule has 0 aliphatic carbocycles. The first-order valence-corrected chi connectivity index (χ1v) is 5.91. The van der Waals surface area contributed by atoms with Crippen molar-refractivity contribution in [3.05, 3.63) is 34.6 Å². The van der Waals surface area contributed by atoms with Crippen molar-refractivity contribution in [3.63, 3.8) is 0 Å². The van der Waals surface area contributed by atoms with Crippen LogP contribution in [0.25, 0.3) is 0 Å². The molecule has 0 radical (unpaired) electrons. The van der Waals surface area contributed by atoms with E-state index in [9.17, 15) is 4.39 Å². The molecule has 0 saturated heterocycles. The normalized spacial score (nSPS) is 11.1. The summed E-state index contributed by atoms with van der Waals surface area (Å²) in [6.07, 6.45) is 2.78. The van der Waals surface area contributed by atoms with Gasteiger partial charge in [0.05, 0.1) is 0 Å². The van der Waals surface area contributed by atoms with E-state index in [1.165, 1.54) is 5.56 Å². The third-order valence-corrected chi connectivity index (χ3v) is 2.86. The monoisotopic (exact) mass is 208 g/mol. The molecular formula is C14H21F. The zero-order valence-corrected chi connectivity index (χ0v) is 10.2. The summed E-state index contributed by atoms with van der Waals surface area (Å²) in [5.41, 5.74) is 3.22. The molecule has 0 fully saturated rings. The third kappa shape index (κ3) is 2.80. The fourth-order valence-corrected chi connectivity index (χ4v) is 1.90. The van der Waals surface area contributed by atoms with Crippen LogP contribution in [0.15, 0.2) is 12.1 Å². The molecule has 0 aliphatic rings. The van der Waals surface area contributed by atoms with Gasteiger partial charge in [-0.05, 0) is 41.5 Å². The highest BCUT2D eigenvalue weighted by molar-refractivity contribution is 5.35. The van der Waals surface area contributed by atoms with Crippen molar-refractivity contribution in [1.82, 2.24) is 0 Å². The lowest BCUT2D eigenvalue weighted by Gasteiger charge is -2.13. The summed E-state index contributed by atoms with van der Waals surface area (Å²) in [6.45, 7) is 8.40. The van der Waals surface area contributed by atoms with Gasteiger partial charge in [-0.3, -0.25) is 0 Å². The lowest BCUT2D eigenvalue weighted by Crippen LogP contribution is -2.01. The van der Waals surface area contributed by atoms with Crippen molar-refractivity contribution in [1.29, 1.82) is 0 Å². The van der Waals surface area contributed by atoms with E-state index in [-0.39, 0.29) is 5.82 Å². The maximum absolute atomic E-state index is 13.8. The standard InChI is InChI=1S/C14H21F/c1-5-7-13-11(6-2)8-12(10(3)4)9-14(13)15/h8-10H,5-7H2,1-4H3. The van der Waals surface area contributed by atoms with Crippen molar-refractivity contribution < 1.29 is 4.39 Å². The maximum atomic E-state index is 13.8. The summed E-state index contributed by atoms with van der Waals surface area (Å²) < 4.78 is 13.8. The fraction of sp³-hybridized carbons (Fsp3) is 0.571. The van der Waals surface area contributed by atoms with E-state index in [0.717, 1.165) is 30.4 Å². The second kappa shape index (κ2) is 5.29. The average Bonchev–Trinajstić information content (AvgIpc) is 2.20. The molecule has 0 spiro atoms. The summed E-state index contributed by atoms with van der Waals surface area (Å²) in [4.78, 5) is 0. The topological polar surface area (TPSA) is 0 Å². The minimum Gasteiger partial charge on any atom is -0.207 e. The summed E-state index contributed by atoms with van der Waals surface area (Å²) in [5.74, 6) is 0.389. The molecule has 0 aliphatic heterocycles. The Morgan fingerprint density at radius 3 is 2.33 bits per heavy atom. The van der Waals surface area contributed by atoms with Crippen LogP contribution in [-0.4, -0.2) is 0 Å². The molecule has 0 nitrogen and oxygen atoms in total. The second-order valence-electron chi connectivity index (χ2n) is 4.40. The molecule has 0 aromatic heterocycles. The Bertz CT molecular complexity index is 326. The molecule has 0 bridgehead atoms. The Morgan fingerprint density at radius 1 is 1.20 bits per heavy atom. The minimum atomic E-state index is -0.0140. The minimum absolute atomic E-state index is 0.0140. The molecule has 0 N–H and O–H groups in total. The molecule has 0 amide bonds. The highest BCUT2D eigenvalue weighted by Crippen LogP contribution is 2.23. The van der Waals surface area contributed by atoms with E-state index >= 15 is 0 Å². The van der Waals surface area contributed by atoms with Crippen LogP contribution >= 0.6 is 0 Å². The Kier molecular flexibility index (Phi) is 4.31. The molecule has 0 saturated carbocycles. The summed E-state index contributed by atoms with van der Waals surface area (Å²) in [6, 6.07) is 3.87. The van der Waals surface area contributed by atoms with Crippen LogP contribution < -0.4 is 0 Å². The predicted octanol–water partition coefficient (Wildman–Crippen LogP) is 4.46.